The smallest absolute Gasteiger partial charge is 0.0782 e. The van der Waals surface area contributed by atoms with E-state index in [9.17, 15) is 0 Å². The summed E-state index contributed by atoms with van der Waals surface area (Å²) in [6.45, 7) is 8.09. The first-order valence-corrected chi connectivity index (χ1v) is 6.90. The first-order chi connectivity index (χ1) is 9.16. The van der Waals surface area contributed by atoms with E-state index in [4.69, 9.17) is 4.99 Å². The molecule has 1 aromatic carbocycles. The third kappa shape index (κ3) is 2.10. The molecule has 0 heterocycles. The van der Waals surface area contributed by atoms with E-state index in [2.05, 4.69) is 43.9 Å². The van der Waals surface area contributed by atoms with Gasteiger partial charge < -0.3 is 0 Å². The summed E-state index contributed by atoms with van der Waals surface area (Å²) in [6.07, 6.45) is 8.02. The number of aryl methyl sites for hydroxylation is 1. The molecule has 0 aromatic heterocycles. The highest BCUT2D eigenvalue weighted by atomic mass is 14.8. The summed E-state index contributed by atoms with van der Waals surface area (Å²) in [6, 6.07) is 6.54. The zero-order valence-corrected chi connectivity index (χ0v) is 11.7. The average Bonchev–Trinajstić information content (AvgIpc) is 2.38. The summed E-state index contributed by atoms with van der Waals surface area (Å²) in [7, 11) is 0. The van der Waals surface area contributed by atoms with Crippen molar-refractivity contribution in [2.45, 2.75) is 33.1 Å². The largest absolute Gasteiger partial charge is 0.253 e. The predicted octanol–water partition coefficient (Wildman–Crippen LogP) is 4.52. The topological polar surface area (TPSA) is 12.4 Å². The van der Waals surface area contributed by atoms with Crippen molar-refractivity contribution in [2.24, 2.45) is 4.99 Å². The van der Waals surface area contributed by atoms with Crippen molar-refractivity contribution in [1.29, 1.82) is 0 Å². The fourth-order valence-electron chi connectivity index (χ4n) is 3.00. The van der Waals surface area contributed by atoms with Gasteiger partial charge in [0, 0.05) is 11.3 Å². The van der Waals surface area contributed by atoms with Gasteiger partial charge in [0.1, 0.15) is 0 Å². The van der Waals surface area contributed by atoms with Crippen LogP contribution in [-0.2, 0) is 6.42 Å². The summed E-state index contributed by atoms with van der Waals surface area (Å²) in [5, 5.41) is 0. The molecule has 0 radical (unpaired) electrons. The fourth-order valence-corrected chi connectivity index (χ4v) is 3.00. The fraction of sp³-hybridized carbons (Fsp3) is 0.278. The van der Waals surface area contributed by atoms with Crippen LogP contribution in [0.5, 0.6) is 0 Å². The molecule has 96 valence electrons. The van der Waals surface area contributed by atoms with Crippen molar-refractivity contribution >= 4 is 5.71 Å². The van der Waals surface area contributed by atoms with Crippen LogP contribution in [0.3, 0.4) is 0 Å². The minimum Gasteiger partial charge on any atom is -0.253 e. The van der Waals surface area contributed by atoms with E-state index in [1.807, 2.05) is 6.92 Å². The Morgan fingerprint density at radius 2 is 2.00 bits per heavy atom. The number of fused-ring (bicyclic) bond motifs is 2. The van der Waals surface area contributed by atoms with Crippen LogP contribution in [0.15, 0.2) is 58.8 Å². The first kappa shape index (κ1) is 12.2. The normalized spacial score (nSPS) is 19.4. The number of hydrogen-bond donors (Lipinski definition) is 0. The molecule has 1 nitrogen and oxygen atoms in total. The van der Waals surface area contributed by atoms with E-state index in [0.717, 1.165) is 30.7 Å². The highest BCUT2D eigenvalue weighted by molar-refractivity contribution is 6.18. The van der Waals surface area contributed by atoms with Gasteiger partial charge in [-0.1, -0.05) is 36.9 Å². The van der Waals surface area contributed by atoms with Crippen molar-refractivity contribution < 1.29 is 0 Å². The first-order valence-electron chi connectivity index (χ1n) is 6.90. The highest BCUT2D eigenvalue weighted by Crippen LogP contribution is 2.35. The summed E-state index contributed by atoms with van der Waals surface area (Å²) in [4.78, 5) is 4.74. The molecule has 2 aliphatic rings. The predicted molar refractivity (Wildman–Crippen MR) is 81.6 cm³/mol. The maximum absolute atomic E-state index is 4.74. The van der Waals surface area contributed by atoms with Crippen LogP contribution in [0.1, 0.15) is 36.5 Å². The highest BCUT2D eigenvalue weighted by Gasteiger charge is 2.26. The Hall–Kier alpha value is -1.89. The molecular formula is C18H19N. The Labute approximate surface area is 115 Å². The zero-order valence-electron chi connectivity index (χ0n) is 11.7. The van der Waals surface area contributed by atoms with Gasteiger partial charge in [0.05, 0.1) is 5.71 Å². The van der Waals surface area contributed by atoms with Crippen LogP contribution < -0.4 is 0 Å². The number of nitrogens with zero attached hydrogens (tertiary/aromatic N) is 1. The lowest BCUT2D eigenvalue weighted by atomic mass is 9.78. The second-order valence-corrected chi connectivity index (χ2v) is 5.41. The van der Waals surface area contributed by atoms with Crippen molar-refractivity contribution in [3.05, 3.63) is 70.5 Å². The Kier molecular flexibility index (Phi) is 2.98. The molecule has 0 fully saturated rings. The summed E-state index contributed by atoms with van der Waals surface area (Å²) in [5.41, 5.74) is 8.78. The lowest BCUT2D eigenvalue weighted by Crippen LogP contribution is -2.20. The van der Waals surface area contributed by atoms with Gasteiger partial charge in [-0.15, -0.1) is 0 Å². The number of allylic oxidation sites excluding steroid dienone is 5. The van der Waals surface area contributed by atoms with Crippen LogP contribution in [0, 0.1) is 6.92 Å². The molecule has 0 amide bonds. The molecular weight excluding hydrogens is 230 g/mol. The molecule has 0 spiro atoms. The average molecular weight is 249 g/mol. The molecule has 0 bridgehead atoms. The minimum absolute atomic E-state index is 0.872. The molecule has 0 unspecified atom stereocenters. The van der Waals surface area contributed by atoms with Crippen LogP contribution in [0.2, 0.25) is 0 Å². The van der Waals surface area contributed by atoms with Crippen LogP contribution >= 0.6 is 0 Å². The van der Waals surface area contributed by atoms with Crippen molar-refractivity contribution in [2.75, 3.05) is 0 Å². The van der Waals surface area contributed by atoms with E-state index in [-0.39, 0.29) is 0 Å². The molecule has 0 N–H and O–H groups in total. The maximum atomic E-state index is 4.74. The number of hydrogen-bond acceptors (Lipinski definition) is 1. The monoisotopic (exact) mass is 249 g/mol. The lowest BCUT2D eigenvalue weighted by molar-refractivity contribution is 0.969. The van der Waals surface area contributed by atoms with Gasteiger partial charge in [0.25, 0.3) is 0 Å². The standard InChI is InChI=1S/C18H19N/c1-12(2)19-18-16-10-5-4-8-14(16)11-15-9-6-7-13(3)17(15)18/h6-10H,1,4-5,11H2,2-3H3/b19-18-. The Morgan fingerprint density at radius 3 is 2.79 bits per heavy atom. The van der Waals surface area contributed by atoms with Crippen LogP contribution in [0.25, 0.3) is 0 Å². The molecule has 0 saturated carbocycles. The Morgan fingerprint density at radius 1 is 1.21 bits per heavy atom. The van der Waals surface area contributed by atoms with Gasteiger partial charge in [-0.05, 0) is 55.4 Å². The van der Waals surface area contributed by atoms with Gasteiger partial charge in [0.15, 0.2) is 0 Å². The third-order valence-electron chi connectivity index (χ3n) is 3.79. The summed E-state index contributed by atoms with van der Waals surface area (Å²) >= 11 is 0. The molecule has 0 saturated heterocycles. The molecule has 2 aliphatic carbocycles. The Bertz CT molecular complexity index is 642. The van der Waals surface area contributed by atoms with Gasteiger partial charge in [-0.2, -0.15) is 0 Å². The van der Waals surface area contributed by atoms with Crippen molar-refractivity contribution in [3.8, 4) is 0 Å². The number of benzene rings is 1. The van der Waals surface area contributed by atoms with E-state index in [0.29, 0.717) is 0 Å². The zero-order chi connectivity index (χ0) is 13.4. The molecule has 0 aliphatic heterocycles. The van der Waals surface area contributed by atoms with E-state index in [1.165, 1.54) is 27.8 Å². The third-order valence-corrected chi connectivity index (χ3v) is 3.79. The van der Waals surface area contributed by atoms with E-state index >= 15 is 0 Å². The summed E-state index contributed by atoms with van der Waals surface area (Å²) < 4.78 is 0. The van der Waals surface area contributed by atoms with E-state index in [1.54, 1.807) is 0 Å². The number of rotatable bonds is 1. The van der Waals surface area contributed by atoms with Gasteiger partial charge >= 0.3 is 0 Å². The van der Waals surface area contributed by atoms with Gasteiger partial charge in [0.2, 0.25) is 0 Å². The quantitative estimate of drug-likeness (QED) is 0.694. The van der Waals surface area contributed by atoms with Gasteiger partial charge in [-0.25, -0.2) is 0 Å². The van der Waals surface area contributed by atoms with Crippen molar-refractivity contribution in [1.82, 2.24) is 0 Å². The van der Waals surface area contributed by atoms with Gasteiger partial charge in [-0.3, -0.25) is 4.99 Å². The molecule has 1 heteroatoms. The minimum atomic E-state index is 0.872. The maximum Gasteiger partial charge on any atom is 0.0782 e. The molecule has 3 rings (SSSR count). The molecule has 1 aromatic rings. The van der Waals surface area contributed by atoms with E-state index < -0.39 is 0 Å². The SMILES string of the molecule is C=C(C)/N=C1/C2=CCCC=C2Cc2cccc(C)c21. The van der Waals surface area contributed by atoms with Crippen LogP contribution in [-0.4, -0.2) is 5.71 Å². The second-order valence-electron chi connectivity index (χ2n) is 5.41. The lowest BCUT2D eigenvalue weighted by Gasteiger charge is -2.27. The van der Waals surface area contributed by atoms with Crippen molar-refractivity contribution in [3.63, 3.8) is 0 Å². The summed E-state index contributed by atoms with van der Waals surface area (Å²) in [5.74, 6) is 0. The Balaban J connectivity index is 2.27. The number of aliphatic imine (C=N–C) groups is 1. The second kappa shape index (κ2) is 4.65. The molecule has 0 atom stereocenters. The van der Waals surface area contributed by atoms with Crippen LogP contribution in [0.4, 0.5) is 0 Å². The molecule has 19 heavy (non-hydrogen) atoms.